The van der Waals surface area contributed by atoms with Crippen LogP contribution in [-0.2, 0) is 4.79 Å². The van der Waals surface area contributed by atoms with Gasteiger partial charge in [-0.15, -0.1) is 0 Å². The van der Waals surface area contributed by atoms with Crippen LogP contribution in [0.2, 0.25) is 0 Å². The van der Waals surface area contributed by atoms with Gasteiger partial charge in [0.2, 0.25) is 5.91 Å². The molecule has 1 aliphatic heterocycles. The molecule has 0 saturated heterocycles. The number of carbonyl (C=O) groups is 1. The number of nitrogens with one attached hydrogen (secondary N) is 2. The van der Waals surface area contributed by atoms with Gasteiger partial charge >= 0.3 is 0 Å². The third-order valence-electron chi connectivity index (χ3n) is 3.29. The lowest BCUT2D eigenvalue weighted by atomic mass is 9.90. The predicted octanol–water partition coefficient (Wildman–Crippen LogP) is 2.78. The fourth-order valence-corrected chi connectivity index (χ4v) is 2.71. The Balaban J connectivity index is 1.78. The summed E-state index contributed by atoms with van der Waals surface area (Å²) >= 11 is 3.40. The zero-order chi connectivity index (χ0) is 13.9. The van der Waals surface area contributed by atoms with Gasteiger partial charge in [-0.25, -0.2) is 9.97 Å². The molecule has 0 bridgehead atoms. The lowest BCUT2D eigenvalue weighted by Crippen LogP contribution is -2.27. The van der Waals surface area contributed by atoms with E-state index in [-0.39, 0.29) is 11.8 Å². The zero-order valence-electron chi connectivity index (χ0n) is 10.6. The smallest absolute Gasteiger partial charge is 0.225 e. The lowest BCUT2D eigenvalue weighted by Gasteiger charge is -2.25. The van der Waals surface area contributed by atoms with Crippen LogP contribution in [0.15, 0.2) is 41.3 Å². The van der Waals surface area contributed by atoms with Crippen molar-refractivity contribution in [3.8, 4) is 0 Å². The Bertz CT molecular complexity index is 647. The predicted molar refractivity (Wildman–Crippen MR) is 80.7 cm³/mol. The second kappa shape index (κ2) is 5.58. The van der Waals surface area contributed by atoms with Gasteiger partial charge in [-0.05, 0) is 27.6 Å². The van der Waals surface area contributed by atoms with Crippen molar-refractivity contribution in [1.29, 1.82) is 0 Å². The molecule has 0 fully saturated rings. The van der Waals surface area contributed by atoms with Gasteiger partial charge in [0.25, 0.3) is 0 Å². The third kappa shape index (κ3) is 2.65. The maximum Gasteiger partial charge on any atom is 0.225 e. The quantitative estimate of drug-likeness (QED) is 0.906. The lowest BCUT2D eigenvalue weighted by molar-refractivity contribution is -0.116. The van der Waals surface area contributed by atoms with E-state index in [0.29, 0.717) is 13.0 Å². The number of amides is 1. The summed E-state index contributed by atoms with van der Waals surface area (Å²) in [5, 5.41) is 6.16. The Morgan fingerprint density at radius 3 is 3.10 bits per heavy atom. The second-order valence-electron chi connectivity index (χ2n) is 4.64. The van der Waals surface area contributed by atoms with E-state index in [1.807, 2.05) is 18.2 Å². The highest BCUT2D eigenvalue weighted by molar-refractivity contribution is 9.10. The van der Waals surface area contributed by atoms with E-state index in [1.54, 1.807) is 6.20 Å². The van der Waals surface area contributed by atoms with Gasteiger partial charge in [0, 0.05) is 30.8 Å². The number of hydrogen-bond donors (Lipinski definition) is 2. The van der Waals surface area contributed by atoms with Gasteiger partial charge in [-0.1, -0.05) is 18.2 Å². The van der Waals surface area contributed by atoms with E-state index >= 15 is 0 Å². The highest BCUT2D eigenvalue weighted by Crippen LogP contribution is 2.32. The van der Waals surface area contributed by atoms with Gasteiger partial charge in [-0.2, -0.15) is 0 Å². The first kappa shape index (κ1) is 13.1. The normalized spacial score (nSPS) is 17.2. The first-order valence-corrected chi connectivity index (χ1v) is 7.11. The summed E-state index contributed by atoms with van der Waals surface area (Å²) in [6.07, 6.45) is 3.66. The van der Waals surface area contributed by atoms with Crippen LogP contribution in [0.1, 0.15) is 17.9 Å². The van der Waals surface area contributed by atoms with Gasteiger partial charge < -0.3 is 10.6 Å². The summed E-state index contributed by atoms with van der Waals surface area (Å²) < 4.78 is 0.813. The first-order valence-electron chi connectivity index (χ1n) is 6.32. The molecule has 1 aliphatic rings. The number of aromatic nitrogens is 2. The van der Waals surface area contributed by atoms with E-state index in [0.717, 1.165) is 21.5 Å². The first-order chi connectivity index (χ1) is 9.74. The fourth-order valence-electron chi connectivity index (χ4n) is 2.35. The number of para-hydroxylation sites is 1. The second-order valence-corrected chi connectivity index (χ2v) is 5.49. The summed E-state index contributed by atoms with van der Waals surface area (Å²) in [6, 6.07) is 7.90. The average molecular weight is 333 g/mol. The van der Waals surface area contributed by atoms with Crippen LogP contribution < -0.4 is 10.6 Å². The van der Waals surface area contributed by atoms with Crippen LogP contribution in [0.5, 0.6) is 0 Å². The maximum atomic E-state index is 11.7. The Kier molecular flexibility index (Phi) is 3.64. The Hall–Kier alpha value is -1.95. The van der Waals surface area contributed by atoms with Crippen molar-refractivity contribution in [3.05, 3.63) is 46.8 Å². The number of hydrogen-bond acceptors (Lipinski definition) is 4. The number of benzene rings is 1. The minimum absolute atomic E-state index is 0.0530. The molecule has 0 aliphatic carbocycles. The van der Waals surface area contributed by atoms with E-state index in [2.05, 4.69) is 42.6 Å². The molecule has 102 valence electrons. The molecule has 0 saturated carbocycles. The van der Waals surface area contributed by atoms with Crippen molar-refractivity contribution in [1.82, 2.24) is 9.97 Å². The van der Waals surface area contributed by atoms with E-state index in [9.17, 15) is 4.79 Å². The van der Waals surface area contributed by atoms with Crippen LogP contribution in [0.4, 0.5) is 11.5 Å². The van der Waals surface area contributed by atoms with Gasteiger partial charge in [0.05, 0.1) is 4.47 Å². The standard InChI is InChI=1S/C14H13BrN4O/c15-11-7-16-8-18-14(11)17-6-9-5-13(20)19-12-4-2-1-3-10(9)12/h1-4,7-9H,5-6H2,(H,19,20)(H,16,17,18). The largest absolute Gasteiger partial charge is 0.368 e. The molecule has 3 rings (SSSR count). The summed E-state index contributed by atoms with van der Waals surface area (Å²) in [6.45, 7) is 0.653. The maximum absolute atomic E-state index is 11.7. The van der Waals surface area contributed by atoms with Gasteiger partial charge in [0.15, 0.2) is 0 Å². The number of fused-ring (bicyclic) bond motifs is 1. The number of nitrogens with zero attached hydrogens (tertiary/aromatic N) is 2. The third-order valence-corrected chi connectivity index (χ3v) is 3.87. The number of halogens is 1. The molecule has 6 heteroatoms. The van der Waals surface area contributed by atoms with Crippen molar-refractivity contribution in [2.75, 3.05) is 17.2 Å². The molecule has 2 N–H and O–H groups in total. The molecule has 0 radical (unpaired) electrons. The highest BCUT2D eigenvalue weighted by atomic mass is 79.9. The van der Waals surface area contributed by atoms with Crippen molar-refractivity contribution in [3.63, 3.8) is 0 Å². The van der Waals surface area contributed by atoms with Crippen LogP contribution in [0.3, 0.4) is 0 Å². The number of rotatable bonds is 3. The topological polar surface area (TPSA) is 66.9 Å². The van der Waals surface area contributed by atoms with Crippen molar-refractivity contribution >= 4 is 33.3 Å². The van der Waals surface area contributed by atoms with Crippen LogP contribution in [-0.4, -0.2) is 22.4 Å². The van der Waals surface area contributed by atoms with Gasteiger partial charge in [-0.3, -0.25) is 4.79 Å². The Morgan fingerprint density at radius 1 is 1.40 bits per heavy atom. The molecular formula is C14H13BrN4O. The zero-order valence-corrected chi connectivity index (χ0v) is 12.2. The molecule has 1 amide bonds. The summed E-state index contributed by atoms with van der Waals surface area (Å²) in [4.78, 5) is 19.8. The van der Waals surface area contributed by atoms with Crippen molar-refractivity contribution < 1.29 is 4.79 Å². The molecule has 1 aromatic carbocycles. The molecule has 1 aromatic heterocycles. The fraction of sp³-hybridized carbons (Fsp3) is 0.214. The molecule has 2 aromatic rings. The average Bonchev–Trinajstić information content (AvgIpc) is 2.46. The molecular weight excluding hydrogens is 320 g/mol. The van der Waals surface area contributed by atoms with Crippen LogP contribution in [0.25, 0.3) is 0 Å². The molecule has 2 heterocycles. The van der Waals surface area contributed by atoms with E-state index < -0.39 is 0 Å². The van der Waals surface area contributed by atoms with Crippen molar-refractivity contribution in [2.24, 2.45) is 0 Å². The SMILES string of the molecule is O=C1CC(CNc2ncncc2Br)c2ccccc2N1. The van der Waals surface area contributed by atoms with Crippen LogP contribution >= 0.6 is 15.9 Å². The van der Waals surface area contributed by atoms with Gasteiger partial charge in [0.1, 0.15) is 12.1 Å². The summed E-state index contributed by atoms with van der Waals surface area (Å²) in [7, 11) is 0. The van der Waals surface area contributed by atoms with E-state index in [4.69, 9.17) is 0 Å². The van der Waals surface area contributed by atoms with E-state index in [1.165, 1.54) is 6.33 Å². The molecule has 1 atom stereocenters. The Morgan fingerprint density at radius 2 is 2.25 bits per heavy atom. The van der Waals surface area contributed by atoms with Crippen LogP contribution in [0, 0.1) is 0 Å². The summed E-state index contributed by atoms with van der Waals surface area (Å²) in [5.41, 5.74) is 2.06. The highest BCUT2D eigenvalue weighted by Gasteiger charge is 2.24. The number of carbonyl (C=O) groups excluding carboxylic acids is 1. The summed E-state index contributed by atoms with van der Waals surface area (Å²) in [5.74, 6) is 0.933. The molecule has 0 spiro atoms. The Labute approximate surface area is 125 Å². The minimum atomic E-state index is 0.0530. The number of anilines is 2. The van der Waals surface area contributed by atoms with Crippen molar-refractivity contribution in [2.45, 2.75) is 12.3 Å². The monoisotopic (exact) mass is 332 g/mol. The molecule has 20 heavy (non-hydrogen) atoms. The minimum Gasteiger partial charge on any atom is -0.368 e. The molecule has 1 unspecified atom stereocenters. The molecule has 5 nitrogen and oxygen atoms in total.